The first-order chi connectivity index (χ1) is 8.38. The van der Waals surface area contributed by atoms with Crippen molar-refractivity contribution < 1.29 is 12.8 Å². The van der Waals surface area contributed by atoms with E-state index in [2.05, 4.69) is 30.8 Å². The molecule has 0 radical (unpaired) electrons. The van der Waals surface area contributed by atoms with Gasteiger partial charge in [0.05, 0.1) is 5.69 Å². The van der Waals surface area contributed by atoms with E-state index in [9.17, 15) is 12.8 Å². The van der Waals surface area contributed by atoms with Crippen molar-refractivity contribution in [3.63, 3.8) is 0 Å². The second kappa shape index (κ2) is 4.78. The first kappa shape index (κ1) is 13.2. The Morgan fingerprint density at radius 2 is 2.11 bits per heavy atom. The molecule has 0 spiro atoms. The average Bonchev–Trinajstić information content (AvgIpc) is 2.70. The molecular weight excluding hydrogens is 347 g/mol. The van der Waals surface area contributed by atoms with Crippen LogP contribution in [0.2, 0.25) is 0 Å². The lowest BCUT2D eigenvalue weighted by atomic mass is 10.3. The zero-order chi connectivity index (χ0) is 13.3. The third-order valence-electron chi connectivity index (χ3n) is 1.83. The van der Waals surface area contributed by atoms with Crippen LogP contribution >= 0.6 is 27.3 Å². The van der Waals surface area contributed by atoms with Gasteiger partial charge in [0.1, 0.15) is 5.82 Å². The number of rotatable bonds is 3. The van der Waals surface area contributed by atoms with Crippen LogP contribution in [0, 0.1) is 5.82 Å². The van der Waals surface area contributed by atoms with Gasteiger partial charge in [-0.05, 0) is 18.2 Å². The summed E-state index contributed by atoms with van der Waals surface area (Å²) < 4.78 is 39.4. The SMILES string of the molecule is Nc1nnc(S(=O)(=O)Nc2ccc(Br)cc2F)s1. The summed E-state index contributed by atoms with van der Waals surface area (Å²) in [4.78, 5) is 0. The molecule has 1 aromatic carbocycles. The third kappa shape index (κ3) is 2.76. The molecule has 0 saturated carbocycles. The van der Waals surface area contributed by atoms with E-state index in [-0.39, 0.29) is 15.2 Å². The number of nitrogen functional groups attached to an aromatic ring is 1. The second-order valence-corrected chi connectivity index (χ2v) is 6.92. The summed E-state index contributed by atoms with van der Waals surface area (Å²) in [5.74, 6) is -0.703. The fourth-order valence-corrected chi connectivity index (χ4v) is 3.28. The second-order valence-electron chi connectivity index (χ2n) is 3.14. The van der Waals surface area contributed by atoms with Crippen molar-refractivity contribution in [3.8, 4) is 0 Å². The van der Waals surface area contributed by atoms with Gasteiger partial charge in [-0.25, -0.2) is 4.39 Å². The van der Waals surface area contributed by atoms with Crippen LogP contribution < -0.4 is 10.5 Å². The number of halogens is 2. The van der Waals surface area contributed by atoms with Gasteiger partial charge in [-0.3, -0.25) is 4.72 Å². The summed E-state index contributed by atoms with van der Waals surface area (Å²) in [5, 5.41) is 6.80. The molecule has 0 atom stereocenters. The molecule has 0 aliphatic carbocycles. The van der Waals surface area contributed by atoms with E-state index in [1.54, 1.807) is 0 Å². The molecule has 0 bridgehead atoms. The maximum atomic E-state index is 13.5. The number of nitrogens with two attached hydrogens (primary N) is 1. The molecule has 10 heteroatoms. The van der Waals surface area contributed by atoms with Crippen LogP contribution in [0.15, 0.2) is 27.0 Å². The van der Waals surface area contributed by atoms with Gasteiger partial charge in [0.25, 0.3) is 14.4 Å². The number of hydrogen-bond acceptors (Lipinski definition) is 6. The van der Waals surface area contributed by atoms with Crippen LogP contribution in [0.4, 0.5) is 15.2 Å². The average molecular weight is 353 g/mol. The Morgan fingerprint density at radius 3 is 2.67 bits per heavy atom. The number of nitrogens with zero attached hydrogens (tertiary/aromatic N) is 2. The normalized spacial score (nSPS) is 11.4. The minimum Gasteiger partial charge on any atom is -0.374 e. The lowest BCUT2D eigenvalue weighted by Crippen LogP contribution is -2.13. The van der Waals surface area contributed by atoms with Crippen molar-refractivity contribution in [1.29, 1.82) is 0 Å². The molecule has 18 heavy (non-hydrogen) atoms. The fourth-order valence-electron chi connectivity index (χ4n) is 1.09. The molecule has 0 saturated heterocycles. The van der Waals surface area contributed by atoms with Crippen LogP contribution in [0.1, 0.15) is 0 Å². The van der Waals surface area contributed by atoms with Gasteiger partial charge in [-0.1, -0.05) is 27.3 Å². The number of hydrogen-bond donors (Lipinski definition) is 2. The zero-order valence-electron chi connectivity index (χ0n) is 8.59. The molecule has 0 amide bonds. The Kier molecular flexibility index (Phi) is 3.50. The smallest absolute Gasteiger partial charge is 0.291 e. The van der Waals surface area contributed by atoms with E-state index in [1.807, 2.05) is 0 Å². The van der Waals surface area contributed by atoms with Gasteiger partial charge < -0.3 is 5.73 Å². The van der Waals surface area contributed by atoms with Crippen molar-refractivity contribution in [2.45, 2.75) is 4.34 Å². The van der Waals surface area contributed by atoms with Crippen molar-refractivity contribution >= 4 is 48.1 Å². The molecule has 0 unspecified atom stereocenters. The van der Waals surface area contributed by atoms with Crippen LogP contribution in [-0.4, -0.2) is 18.6 Å². The van der Waals surface area contributed by atoms with E-state index in [4.69, 9.17) is 5.73 Å². The fraction of sp³-hybridized carbons (Fsp3) is 0. The van der Waals surface area contributed by atoms with Crippen LogP contribution in [-0.2, 0) is 10.0 Å². The highest BCUT2D eigenvalue weighted by atomic mass is 79.9. The molecule has 0 fully saturated rings. The Hall–Kier alpha value is -1.26. The van der Waals surface area contributed by atoms with Gasteiger partial charge in [0.15, 0.2) is 0 Å². The quantitative estimate of drug-likeness (QED) is 0.877. The van der Waals surface area contributed by atoms with Crippen molar-refractivity contribution in [3.05, 3.63) is 28.5 Å². The van der Waals surface area contributed by atoms with Crippen molar-refractivity contribution in [2.24, 2.45) is 0 Å². The molecule has 0 aliphatic heterocycles. The molecule has 3 N–H and O–H groups in total. The summed E-state index contributed by atoms with van der Waals surface area (Å²) in [7, 11) is -3.97. The number of aromatic nitrogens is 2. The summed E-state index contributed by atoms with van der Waals surface area (Å²) >= 11 is 3.77. The van der Waals surface area contributed by atoms with Crippen molar-refractivity contribution in [2.75, 3.05) is 10.5 Å². The van der Waals surface area contributed by atoms with E-state index in [0.29, 0.717) is 15.8 Å². The van der Waals surface area contributed by atoms with E-state index < -0.39 is 15.8 Å². The highest BCUT2D eigenvalue weighted by Gasteiger charge is 2.21. The number of benzene rings is 1. The first-order valence-electron chi connectivity index (χ1n) is 4.45. The molecule has 0 aliphatic rings. The topological polar surface area (TPSA) is 98.0 Å². The van der Waals surface area contributed by atoms with Crippen LogP contribution in [0.5, 0.6) is 0 Å². The maximum absolute atomic E-state index is 13.5. The van der Waals surface area contributed by atoms with Crippen LogP contribution in [0.25, 0.3) is 0 Å². The Morgan fingerprint density at radius 1 is 1.39 bits per heavy atom. The number of nitrogens with one attached hydrogen (secondary N) is 1. The number of sulfonamides is 1. The lowest BCUT2D eigenvalue weighted by molar-refractivity contribution is 0.596. The minimum absolute atomic E-state index is 0.0200. The predicted molar refractivity (Wildman–Crippen MR) is 69.2 cm³/mol. The lowest BCUT2D eigenvalue weighted by Gasteiger charge is -2.06. The summed E-state index contributed by atoms with van der Waals surface area (Å²) in [6, 6.07) is 3.95. The molecule has 6 nitrogen and oxygen atoms in total. The number of anilines is 2. The zero-order valence-corrected chi connectivity index (χ0v) is 11.8. The molecule has 96 valence electrons. The molecule has 1 heterocycles. The standard InChI is InChI=1S/C8H6BrFN4O2S2/c9-4-1-2-6(5(10)3-4)14-18(15,16)8-13-12-7(11)17-8/h1-3,14H,(H2,11,12). The van der Waals surface area contributed by atoms with Gasteiger partial charge in [-0.2, -0.15) is 8.42 Å². The van der Waals surface area contributed by atoms with E-state index >= 15 is 0 Å². The molecule has 2 rings (SSSR count). The Balaban J connectivity index is 2.33. The van der Waals surface area contributed by atoms with Gasteiger partial charge in [0, 0.05) is 4.47 Å². The molecule has 2 aromatic rings. The largest absolute Gasteiger partial charge is 0.374 e. The van der Waals surface area contributed by atoms with Gasteiger partial charge in [0.2, 0.25) is 5.13 Å². The maximum Gasteiger partial charge on any atom is 0.291 e. The summed E-state index contributed by atoms with van der Waals surface area (Å²) in [6.45, 7) is 0. The molecular formula is C8H6BrFN4O2S2. The Bertz CT molecular complexity index is 688. The minimum atomic E-state index is -3.97. The van der Waals surface area contributed by atoms with Gasteiger partial charge in [-0.15, -0.1) is 10.2 Å². The first-order valence-corrected chi connectivity index (χ1v) is 7.54. The Labute approximate surface area is 114 Å². The van der Waals surface area contributed by atoms with Crippen LogP contribution in [0.3, 0.4) is 0 Å². The highest BCUT2D eigenvalue weighted by Crippen LogP contribution is 2.24. The van der Waals surface area contributed by atoms with E-state index in [1.165, 1.54) is 12.1 Å². The predicted octanol–water partition coefficient (Wildman–Crippen LogP) is 1.82. The van der Waals surface area contributed by atoms with Crippen molar-refractivity contribution in [1.82, 2.24) is 10.2 Å². The third-order valence-corrected chi connectivity index (χ3v) is 4.81. The monoisotopic (exact) mass is 352 g/mol. The summed E-state index contributed by atoms with van der Waals surface area (Å²) in [6.07, 6.45) is 0. The highest BCUT2D eigenvalue weighted by molar-refractivity contribution is 9.10. The molecule has 1 aromatic heterocycles. The van der Waals surface area contributed by atoms with E-state index in [0.717, 1.165) is 6.07 Å². The summed E-state index contributed by atoms with van der Waals surface area (Å²) in [5.41, 5.74) is 5.12. The van der Waals surface area contributed by atoms with Gasteiger partial charge >= 0.3 is 0 Å².